The van der Waals surface area contributed by atoms with Crippen molar-refractivity contribution in [2.45, 2.75) is 38.4 Å². The molecule has 3 heteroatoms. The first-order valence-electron chi connectivity index (χ1n) is 5.26. The van der Waals surface area contributed by atoms with E-state index in [1.54, 1.807) is 6.26 Å². The number of piperidine rings is 1. The maximum absolute atomic E-state index is 5.92. The quantitative estimate of drug-likeness (QED) is 0.777. The average molecular weight is 194 g/mol. The molecular weight excluding hydrogens is 176 g/mol. The highest BCUT2D eigenvalue weighted by Crippen LogP contribution is 2.18. The molecule has 0 saturated carbocycles. The van der Waals surface area contributed by atoms with E-state index in [0.29, 0.717) is 12.1 Å². The van der Waals surface area contributed by atoms with E-state index in [1.807, 2.05) is 12.3 Å². The van der Waals surface area contributed by atoms with E-state index in [2.05, 4.69) is 11.8 Å². The molecule has 0 bridgehead atoms. The lowest BCUT2D eigenvalue weighted by Gasteiger charge is -2.36. The van der Waals surface area contributed by atoms with E-state index in [0.717, 1.165) is 25.9 Å². The number of nitrogens with zero attached hydrogens (tertiary/aromatic N) is 1. The van der Waals surface area contributed by atoms with Crippen molar-refractivity contribution in [3.8, 4) is 0 Å². The molecule has 14 heavy (non-hydrogen) atoms. The van der Waals surface area contributed by atoms with Crippen molar-refractivity contribution in [2.24, 2.45) is 5.73 Å². The van der Waals surface area contributed by atoms with Crippen LogP contribution in [0.3, 0.4) is 0 Å². The monoisotopic (exact) mass is 194 g/mol. The number of likely N-dealkylation sites (tertiary alicyclic amines) is 1. The first-order chi connectivity index (χ1) is 6.75. The molecule has 1 aliphatic heterocycles. The standard InChI is InChI=1S/C11H18N2O/c1-9-6-11(12)2-4-13(9)7-10-3-5-14-8-10/h3,5,8-9,11H,2,4,6-7,12H2,1H3. The van der Waals surface area contributed by atoms with Crippen LogP contribution >= 0.6 is 0 Å². The molecule has 1 saturated heterocycles. The lowest BCUT2D eigenvalue weighted by atomic mass is 9.99. The summed E-state index contributed by atoms with van der Waals surface area (Å²) in [7, 11) is 0. The maximum Gasteiger partial charge on any atom is 0.0947 e. The molecule has 2 N–H and O–H groups in total. The minimum absolute atomic E-state index is 0.394. The van der Waals surface area contributed by atoms with Crippen molar-refractivity contribution in [1.29, 1.82) is 0 Å². The van der Waals surface area contributed by atoms with Crippen LogP contribution < -0.4 is 5.73 Å². The molecule has 0 aliphatic carbocycles. The first-order valence-corrected chi connectivity index (χ1v) is 5.26. The molecular formula is C11H18N2O. The SMILES string of the molecule is CC1CC(N)CCN1Cc1ccoc1. The third-order valence-electron chi connectivity index (χ3n) is 3.02. The van der Waals surface area contributed by atoms with Crippen molar-refractivity contribution < 1.29 is 4.42 Å². The highest BCUT2D eigenvalue weighted by molar-refractivity contribution is 5.05. The lowest BCUT2D eigenvalue weighted by Crippen LogP contribution is -2.44. The van der Waals surface area contributed by atoms with Crippen LogP contribution in [0.15, 0.2) is 23.0 Å². The number of rotatable bonds is 2. The molecule has 1 aromatic heterocycles. The van der Waals surface area contributed by atoms with E-state index < -0.39 is 0 Å². The second-order valence-corrected chi connectivity index (χ2v) is 4.24. The fourth-order valence-corrected chi connectivity index (χ4v) is 2.11. The van der Waals surface area contributed by atoms with Gasteiger partial charge in [0, 0.05) is 30.7 Å². The molecule has 1 fully saturated rings. The van der Waals surface area contributed by atoms with Gasteiger partial charge in [-0.1, -0.05) is 0 Å². The van der Waals surface area contributed by atoms with Gasteiger partial charge in [-0.25, -0.2) is 0 Å². The zero-order valence-electron chi connectivity index (χ0n) is 8.65. The van der Waals surface area contributed by atoms with Crippen LogP contribution in [0.5, 0.6) is 0 Å². The van der Waals surface area contributed by atoms with Gasteiger partial charge in [0.15, 0.2) is 0 Å². The van der Waals surface area contributed by atoms with Gasteiger partial charge in [0.25, 0.3) is 0 Å². The van der Waals surface area contributed by atoms with Crippen LogP contribution in [-0.2, 0) is 6.54 Å². The van der Waals surface area contributed by atoms with Crippen molar-refractivity contribution in [2.75, 3.05) is 6.54 Å². The maximum atomic E-state index is 5.92. The Morgan fingerprint density at radius 3 is 3.14 bits per heavy atom. The molecule has 0 radical (unpaired) electrons. The van der Waals surface area contributed by atoms with Crippen molar-refractivity contribution in [3.05, 3.63) is 24.2 Å². The summed E-state index contributed by atoms with van der Waals surface area (Å²) in [5.74, 6) is 0. The Morgan fingerprint density at radius 1 is 1.64 bits per heavy atom. The van der Waals surface area contributed by atoms with Crippen LogP contribution in [0.1, 0.15) is 25.3 Å². The molecule has 0 amide bonds. The second-order valence-electron chi connectivity index (χ2n) is 4.24. The third-order valence-corrected chi connectivity index (χ3v) is 3.02. The van der Waals surface area contributed by atoms with Crippen molar-refractivity contribution >= 4 is 0 Å². The number of nitrogens with two attached hydrogens (primary N) is 1. The normalized spacial score (nSPS) is 29.3. The van der Waals surface area contributed by atoms with Crippen LogP contribution in [0.2, 0.25) is 0 Å². The topological polar surface area (TPSA) is 42.4 Å². The summed E-state index contributed by atoms with van der Waals surface area (Å²) in [6, 6.07) is 3.01. The Labute approximate surface area is 84.9 Å². The minimum Gasteiger partial charge on any atom is -0.472 e. The molecule has 2 unspecified atom stereocenters. The Balaban J connectivity index is 1.92. The Kier molecular flexibility index (Phi) is 2.89. The van der Waals surface area contributed by atoms with Gasteiger partial charge < -0.3 is 10.2 Å². The van der Waals surface area contributed by atoms with Gasteiger partial charge in [-0.2, -0.15) is 0 Å². The zero-order valence-corrected chi connectivity index (χ0v) is 8.65. The summed E-state index contributed by atoms with van der Waals surface area (Å²) in [6.07, 6.45) is 5.77. The molecule has 1 aliphatic rings. The smallest absolute Gasteiger partial charge is 0.0947 e. The first kappa shape index (κ1) is 9.74. The predicted octanol–water partition coefficient (Wildman–Crippen LogP) is 1.59. The average Bonchev–Trinajstić information content (AvgIpc) is 2.62. The van der Waals surface area contributed by atoms with Crippen molar-refractivity contribution in [1.82, 2.24) is 4.90 Å². The Hall–Kier alpha value is -0.800. The fourth-order valence-electron chi connectivity index (χ4n) is 2.11. The highest BCUT2D eigenvalue weighted by Gasteiger charge is 2.22. The van der Waals surface area contributed by atoms with Gasteiger partial charge in [0.05, 0.1) is 12.5 Å². The van der Waals surface area contributed by atoms with Crippen LogP contribution in [-0.4, -0.2) is 23.5 Å². The van der Waals surface area contributed by atoms with E-state index in [-0.39, 0.29) is 0 Å². The molecule has 3 nitrogen and oxygen atoms in total. The third kappa shape index (κ3) is 2.16. The van der Waals surface area contributed by atoms with Crippen LogP contribution in [0, 0.1) is 0 Å². The fraction of sp³-hybridized carbons (Fsp3) is 0.636. The van der Waals surface area contributed by atoms with E-state index >= 15 is 0 Å². The Morgan fingerprint density at radius 2 is 2.50 bits per heavy atom. The van der Waals surface area contributed by atoms with Crippen LogP contribution in [0.25, 0.3) is 0 Å². The number of hydrogen-bond acceptors (Lipinski definition) is 3. The number of hydrogen-bond donors (Lipinski definition) is 1. The molecule has 1 aromatic rings. The molecule has 2 atom stereocenters. The molecule has 0 aromatic carbocycles. The summed E-state index contributed by atoms with van der Waals surface area (Å²) >= 11 is 0. The molecule has 78 valence electrons. The van der Waals surface area contributed by atoms with Gasteiger partial charge in [-0.05, 0) is 25.8 Å². The lowest BCUT2D eigenvalue weighted by molar-refractivity contribution is 0.139. The molecule has 2 rings (SSSR count). The summed E-state index contributed by atoms with van der Waals surface area (Å²) in [5, 5.41) is 0. The van der Waals surface area contributed by atoms with Gasteiger partial charge in [-0.15, -0.1) is 0 Å². The predicted molar refractivity (Wildman–Crippen MR) is 55.8 cm³/mol. The molecule has 2 heterocycles. The van der Waals surface area contributed by atoms with Gasteiger partial charge in [-0.3, -0.25) is 4.90 Å². The molecule has 0 spiro atoms. The number of furan rings is 1. The minimum atomic E-state index is 0.394. The summed E-state index contributed by atoms with van der Waals surface area (Å²) < 4.78 is 5.06. The van der Waals surface area contributed by atoms with Crippen molar-refractivity contribution in [3.63, 3.8) is 0 Å². The zero-order chi connectivity index (χ0) is 9.97. The summed E-state index contributed by atoms with van der Waals surface area (Å²) in [4.78, 5) is 2.47. The van der Waals surface area contributed by atoms with Crippen LogP contribution in [0.4, 0.5) is 0 Å². The van der Waals surface area contributed by atoms with E-state index in [9.17, 15) is 0 Å². The van der Waals surface area contributed by atoms with E-state index in [1.165, 1.54) is 5.56 Å². The summed E-state index contributed by atoms with van der Waals surface area (Å²) in [5.41, 5.74) is 7.17. The highest BCUT2D eigenvalue weighted by atomic mass is 16.3. The summed E-state index contributed by atoms with van der Waals surface area (Å²) in [6.45, 7) is 4.34. The van der Waals surface area contributed by atoms with E-state index in [4.69, 9.17) is 10.2 Å². The van der Waals surface area contributed by atoms with Gasteiger partial charge in [0.1, 0.15) is 0 Å². The Bertz CT molecular complexity index is 271. The van der Waals surface area contributed by atoms with Gasteiger partial charge in [0.2, 0.25) is 0 Å². The van der Waals surface area contributed by atoms with Gasteiger partial charge >= 0.3 is 0 Å². The largest absolute Gasteiger partial charge is 0.472 e. The second kappa shape index (κ2) is 4.15.